The molecule has 158 valence electrons. The lowest BCUT2D eigenvalue weighted by molar-refractivity contribution is -0.140. The Morgan fingerprint density at radius 3 is 2.63 bits per heavy atom. The molecule has 3 rings (SSSR count). The van der Waals surface area contributed by atoms with Gasteiger partial charge in [-0.25, -0.2) is 0 Å². The summed E-state index contributed by atoms with van der Waals surface area (Å²) in [6.07, 6.45) is 10.1. The highest BCUT2D eigenvalue weighted by Crippen LogP contribution is 2.34. The average Bonchev–Trinajstić information content (AvgIpc) is 3.13. The van der Waals surface area contributed by atoms with Crippen molar-refractivity contribution in [1.82, 2.24) is 0 Å². The van der Waals surface area contributed by atoms with E-state index in [4.69, 9.17) is 0 Å². The number of rotatable bonds is 10. The van der Waals surface area contributed by atoms with E-state index in [1.165, 1.54) is 7.11 Å². The summed E-state index contributed by atoms with van der Waals surface area (Å²) in [5.41, 5.74) is 0.704. The molecule has 0 bridgehead atoms. The van der Waals surface area contributed by atoms with Crippen LogP contribution >= 0.6 is 0 Å². The Morgan fingerprint density at radius 2 is 1.80 bits per heavy atom. The second-order valence-corrected chi connectivity index (χ2v) is 8.05. The number of fused-ring (bicyclic) bond motifs is 1. The van der Waals surface area contributed by atoms with Crippen molar-refractivity contribution < 1.29 is 19.1 Å². The number of benzene rings is 2. The number of ether oxygens (including phenoxy) is 1. The van der Waals surface area contributed by atoms with E-state index >= 15 is 0 Å². The molecular weight excluding hydrogens is 376 g/mol. The van der Waals surface area contributed by atoms with E-state index in [2.05, 4.69) is 4.74 Å². The Labute approximate surface area is 178 Å². The first kappa shape index (κ1) is 21.9. The maximum absolute atomic E-state index is 12.8. The first-order valence-corrected chi connectivity index (χ1v) is 10.9. The quantitative estimate of drug-likeness (QED) is 0.220. The highest BCUT2D eigenvalue weighted by molar-refractivity contribution is 6.13. The van der Waals surface area contributed by atoms with E-state index < -0.39 is 0 Å². The average molecular weight is 407 g/mol. The van der Waals surface area contributed by atoms with Gasteiger partial charge in [-0.3, -0.25) is 14.4 Å². The van der Waals surface area contributed by atoms with Crippen LogP contribution < -0.4 is 0 Å². The van der Waals surface area contributed by atoms with Gasteiger partial charge in [0.25, 0.3) is 0 Å². The molecule has 2 aromatic carbocycles. The van der Waals surface area contributed by atoms with Crippen molar-refractivity contribution in [1.29, 1.82) is 0 Å². The van der Waals surface area contributed by atoms with Crippen LogP contribution in [0, 0.1) is 11.8 Å². The zero-order chi connectivity index (χ0) is 21.3. The second-order valence-electron chi connectivity index (χ2n) is 8.05. The van der Waals surface area contributed by atoms with Gasteiger partial charge in [-0.05, 0) is 42.0 Å². The number of ketones is 2. The molecule has 1 fully saturated rings. The van der Waals surface area contributed by atoms with Gasteiger partial charge in [0.1, 0.15) is 5.78 Å². The standard InChI is InChI=1S/C26H30O4/c1-30-26(29)14-5-3-2-4-12-22-20(15-17-24(22)27)16-18-25(28)23-13-8-10-19-9-6-7-11-21(19)23/h6-11,13,16,18,20,22H,2-5,12,14-15,17H2,1H3. The van der Waals surface area contributed by atoms with Crippen molar-refractivity contribution in [2.75, 3.05) is 7.11 Å². The van der Waals surface area contributed by atoms with E-state index in [1.54, 1.807) is 6.08 Å². The van der Waals surface area contributed by atoms with Gasteiger partial charge in [-0.15, -0.1) is 0 Å². The van der Waals surface area contributed by atoms with Gasteiger partial charge in [0.15, 0.2) is 5.78 Å². The summed E-state index contributed by atoms with van der Waals surface area (Å²) in [6.45, 7) is 0. The number of esters is 1. The Hall–Kier alpha value is -2.75. The third-order valence-corrected chi connectivity index (χ3v) is 6.08. The Balaban J connectivity index is 1.54. The number of unbranched alkanes of at least 4 members (excludes halogenated alkanes) is 3. The molecule has 0 spiro atoms. The van der Waals surface area contributed by atoms with Gasteiger partial charge in [0.05, 0.1) is 7.11 Å². The minimum absolute atomic E-state index is 0.00675. The number of carbonyl (C=O) groups excluding carboxylic acids is 3. The van der Waals surface area contributed by atoms with Crippen molar-refractivity contribution in [2.45, 2.75) is 51.4 Å². The number of methoxy groups -OCH3 is 1. The van der Waals surface area contributed by atoms with Crippen LogP contribution in [-0.4, -0.2) is 24.6 Å². The molecule has 0 aromatic heterocycles. The van der Waals surface area contributed by atoms with Crippen LogP contribution in [-0.2, 0) is 14.3 Å². The molecule has 4 heteroatoms. The largest absolute Gasteiger partial charge is 0.469 e. The van der Waals surface area contributed by atoms with Gasteiger partial charge in [0.2, 0.25) is 0 Å². The summed E-state index contributed by atoms with van der Waals surface area (Å²) < 4.78 is 4.65. The zero-order valence-electron chi connectivity index (χ0n) is 17.6. The molecule has 0 N–H and O–H groups in total. The van der Waals surface area contributed by atoms with Crippen molar-refractivity contribution >= 4 is 28.3 Å². The van der Waals surface area contributed by atoms with Crippen molar-refractivity contribution in [3.63, 3.8) is 0 Å². The van der Waals surface area contributed by atoms with Crippen molar-refractivity contribution in [2.24, 2.45) is 11.8 Å². The molecule has 1 aliphatic carbocycles. The molecule has 0 heterocycles. The SMILES string of the molecule is COC(=O)CCCCCCC1C(=O)CCC1C=CC(=O)c1cccc2ccccc12. The van der Waals surface area contributed by atoms with E-state index in [1.807, 2.05) is 48.5 Å². The van der Waals surface area contributed by atoms with Gasteiger partial charge in [0, 0.05) is 24.3 Å². The Bertz CT molecular complexity index is 922. The normalized spacial score (nSPS) is 18.9. The van der Waals surface area contributed by atoms with Crippen LogP contribution in [0.3, 0.4) is 0 Å². The van der Waals surface area contributed by atoms with Gasteiger partial charge >= 0.3 is 5.97 Å². The first-order valence-electron chi connectivity index (χ1n) is 10.9. The molecule has 30 heavy (non-hydrogen) atoms. The monoisotopic (exact) mass is 406 g/mol. The van der Waals surface area contributed by atoms with E-state index in [0.29, 0.717) is 24.2 Å². The molecule has 2 aromatic rings. The highest BCUT2D eigenvalue weighted by Gasteiger charge is 2.32. The third-order valence-electron chi connectivity index (χ3n) is 6.08. The summed E-state index contributed by atoms with van der Waals surface area (Å²) in [6, 6.07) is 13.7. The maximum atomic E-state index is 12.8. The fraction of sp³-hybridized carbons (Fsp3) is 0.423. The van der Waals surface area contributed by atoms with E-state index in [0.717, 1.165) is 49.3 Å². The minimum atomic E-state index is -0.165. The fourth-order valence-corrected chi connectivity index (χ4v) is 4.37. The van der Waals surface area contributed by atoms with Crippen molar-refractivity contribution in [3.05, 3.63) is 60.2 Å². The summed E-state index contributed by atoms with van der Waals surface area (Å²) in [5.74, 6) is 0.306. The predicted molar refractivity (Wildman–Crippen MR) is 118 cm³/mol. The smallest absolute Gasteiger partial charge is 0.305 e. The third kappa shape index (κ3) is 5.65. The zero-order valence-corrected chi connectivity index (χ0v) is 17.6. The second kappa shape index (κ2) is 10.9. The molecule has 2 atom stereocenters. The molecule has 0 radical (unpaired) electrons. The lowest BCUT2D eigenvalue weighted by Gasteiger charge is -2.14. The van der Waals surface area contributed by atoms with Gasteiger partial charge < -0.3 is 4.74 Å². The van der Waals surface area contributed by atoms with Gasteiger partial charge in [-0.1, -0.05) is 67.8 Å². The van der Waals surface area contributed by atoms with Gasteiger partial charge in [-0.2, -0.15) is 0 Å². The Kier molecular flexibility index (Phi) is 7.95. The van der Waals surface area contributed by atoms with E-state index in [9.17, 15) is 14.4 Å². The summed E-state index contributed by atoms with van der Waals surface area (Å²) in [4.78, 5) is 36.3. The summed E-state index contributed by atoms with van der Waals surface area (Å²) in [5, 5.41) is 2.01. The molecule has 0 saturated heterocycles. The molecule has 1 saturated carbocycles. The molecule has 2 unspecified atom stereocenters. The number of hydrogen-bond acceptors (Lipinski definition) is 4. The molecule has 0 aliphatic heterocycles. The van der Waals surface area contributed by atoms with Crippen LogP contribution in [0.5, 0.6) is 0 Å². The fourth-order valence-electron chi connectivity index (χ4n) is 4.37. The summed E-state index contributed by atoms with van der Waals surface area (Å²) in [7, 11) is 1.41. The number of hydrogen-bond donors (Lipinski definition) is 0. The highest BCUT2D eigenvalue weighted by atomic mass is 16.5. The van der Waals surface area contributed by atoms with E-state index in [-0.39, 0.29) is 23.6 Å². The van der Waals surface area contributed by atoms with Crippen LogP contribution in [0.25, 0.3) is 10.8 Å². The van der Waals surface area contributed by atoms with Crippen LogP contribution in [0.4, 0.5) is 0 Å². The molecule has 4 nitrogen and oxygen atoms in total. The number of carbonyl (C=O) groups is 3. The molecule has 1 aliphatic rings. The van der Waals surface area contributed by atoms with Crippen LogP contribution in [0.15, 0.2) is 54.6 Å². The number of Topliss-reactive ketones (excluding diaryl/α,β-unsaturated/α-hetero) is 1. The topological polar surface area (TPSA) is 60.4 Å². The predicted octanol–water partition coefficient (Wildman–Crippen LogP) is 5.69. The first-order chi connectivity index (χ1) is 14.6. The maximum Gasteiger partial charge on any atom is 0.305 e. The summed E-state index contributed by atoms with van der Waals surface area (Å²) >= 11 is 0. The van der Waals surface area contributed by atoms with Crippen LogP contribution in [0.2, 0.25) is 0 Å². The molecule has 0 amide bonds. The lowest BCUT2D eigenvalue weighted by atomic mass is 9.89. The van der Waals surface area contributed by atoms with Crippen molar-refractivity contribution in [3.8, 4) is 0 Å². The minimum Gasteiger partial charge on any atom is -0.469 e. The number of allylic oxidation sites excluding steroid dienone is 2. The molecular formula is C26H30O4. The van der Waals surface area contributed by atoms with Crippen LogP contribution in [0.1, 0.15) is 61.7 Å². The lowest BCUT2D eigenvalue weighted by Crippen LogP contribution is -2.13. The Morgan fingerprint density at radius 1 is 1.03 bits per heavy atom.